The van der Waals surface area contributed by atoms with Gasteiger partial charge in [-0.15, -0.1) is 0 Å². The van der Waals surface area contributed by atoms with Crippen LogP contribution in [0.2, 0.25) is 0 Å². The number of carboxylic acid groups (broad SMARTS) is 1. The number of carbonyl (C=O) groups is 2. The molecule has 100 valence electrons. The van der Waals surface area contributed by atoms with Crippen LogP contribution >= 0.6 is 0 Å². The third-order valence-electron chi connectivity index (χ3n) is 2.98. The zero-order valence-corrected chi connectivity index (χ0v) is 11.5. The highest BCUT2D eigenvalue weighted by atomic mass is 16.5. The standard InChI is InChI=1S/C13H24O4/c1-6-13(10(14)15,11(16)17-7-2)9-8-12(3,4)5/h6-9H2,1-5H3,(H,14,15). The summed E-state index contributed by atoms with van der Waals surface area (Å²) < 4.78 is 4.91. The molecule has 0 aromatic heterocycles. The molecule has 0 fully saturated rings. The van der Waals surface area contributed by atoms with Gasteiger partial charge in [0.25, 0.3) is 0 Å². The molecule has 0 aliphatic rings. The van der Waals surface area contributed by atoms with Crippen molar-refractivity contribution in [3.63, 3.8) is 0 Å². The Morgan fingerprint density at radius 1 is 1.12 bits per heavy atom. The van der Waals surface area contributed by atoms with Gasteiger partial charge < -0.3 is 9.84 Å². The highest BCUT2D eigenvalue weighted by Gasteiger charge is 2.46. The molecule has 0 aromatic carbocycles. The number of hydrogen-bond acceptors (Lipinski definition) is 3. The molecule has 17 heavy (non-hydrogen) atoms. The quantitative estimate of drug-likeness (QED) is 0.576. The Bertz CT molecular complexity index is 278. The van der Waals surface area contributed by atoms with Crippen LogP contribution < -0.4 is 0 Å². The van der Waals surface area contributed by atoms with E-state index in [-0.39, 0.29) is 18.4 Å². The van der Waals surface area contributed by atoms with E-state index >= 15 is 0 Å². The van der Waals surface area contributed by atoms with E-state index in [1.807, 2.05) is 20.8 Å². The fourth-order valence-corrected chi connectivity index (χ4v) is 1.63. The van der Waals surface area contributed by atoms with Crippen LogP contribution in [0.25, 0.3) is 0 Å². The van der Waals surface area contributed by atoms with Crippen molar-refractivity contribution in [2.75, 3.05) is 6.61 Å². The summed E-state index contributed by atoms with van der Waals surface area (Å²) in [5.74, 6) is -1.69. The van der Waals surface area contributed by atoms with Crippen molar-refractivity contribution < 1.29 is 19.4 Å². The summed E-state index contributed by atoms with van der Waals surface area (Å²) in [6, 6.07) is 0. The maximum Gasteiger partial charge on any atom is 0.323 e. The molecule has 1 N–H and O–H groups in total. The second kappa shape index (κ2) is 6.03. The van der Waals surface area contributed by atoms with Crippen molar-refractivity contribution in [3.8, 4) is 0 Å². The lowest BCUT2D eigenvalue weighted by atomic mass is 9.76. The minimum atomic E-state index is -1.39. The van der Waals surface area contributed by atoms with Crippen molar-refractivity contribution >= 4 is 11.9 Å². The van der Waals surface area contributed by atoms with E-state index in [2.05, 4.69) is 0 Å². The van der Waals surface area contributed by atoms with Crippen LogP contribution in [0.15, 0.2) is 0 Å². The molecule has 1 unspecified atom stereocenters. The predicted molar refractivity (Wildman–Crippen MR) is 65.7 cm³/mol. The van der Waals surface area contributed by atoms with E-state index < -0.39 is 17.4 Å². The summed E-state index contributed by atoms with van der Waals surface area (Å²) in [6.45, 7) is 9.70. The number of hydrogen-bond donors (Lipinski definition) is 1. The minimum Gasteiger partial charge on any atom is -0.480 e. The van der Waals surface area contributed by atoms with Crippen molar-refractivity contribution in [3.05, 3.63) is 0 Å². The zero-order chi connectivity index (χ0) is 13.7. The SMILES string of the molecule is CCOC(=O)C(CC)(CCC(C)(C)C)C(=O)O. The highest BCUT2D eigenvalue weighted by Crippen LogP contribution is 2.35. The Balaban J connectivity index is 4.96. The summed E-state index contributed by atoms with van der Waals surface area (Å²) >= 11 is 0. The highest BCUT2D eigenvalue weighted by molar-refractivity contribution is 5.99. The van der Waals surface area contributed by atoms with E-state index in [0.29, 0.717) is 12.8 Å². The van der Waals surface area contributed by atoms with Crippen LogP contribution in [-0.2, 0) is 14.3 Å². The molecule has 4 nitrogen and oxygen atoms in total. The summed E-state index contributed by atoms with van der Waals surface area (Å²) in [5.41, 5.74) is -1.38. The molecular weight excluding hydrogens is 220 g/mol. The number of carboxylic acids is 1. The molecule has 4 heteroatoms. The molecule has 0 saturated heterocycles. The molecule has 0 amide bonds. The molecule has 0 radical (unpaired) electrons. The monoisotopic (exact) mass is 244 g/mol. The molecule has 0 rings (SSSR count). The van der Waals surface area contributed by atoms with E-state index in [4.69, 9.17) is 4.74 Å². The smallest absolute Gasteiger partial charge is 0.323 e. The number of ether oxygens (including phenoxy) is 1. The first-order valence-electron chi connectivity index (χ1n) is 6.10. The Morgan fingerprint density at radius 2 is 1.65 bits per heavy atom. The summed E-state index contributed by atoms with van der Waals surface area (Å²) in [5, 5.41) is 9.32. The molecule has 0 spiro atoms. The number of carbonyl (C=O) groups excluding carboxylic acids is 1. The lowest BCUT2D eigenvalue weighted by Gasteiger charge is -2.29. The number of aliphatic carboxylic acids is 1. The summed E-state index contributed by atoms with van der Waals surface area (Å²) in [7, 11) is 0. The lowest BCUT2D eigenvalue weighted by molar-refractivity contribution is -0.170. The second-order valence-corrected chi connectivity index (χ2v) is 5.52. The molecule has 0 bridgehead atoms. The van der Waals surface area contributed by atoms with Gasteiger partial charge >= 0.3 is 11.9 Å². The number of esters is 1. The topological polar surface area (TPSA) is 63.6 Å². The van der Waals surface area contributed by atoms with E-state index in [1.165, 1.54) is 0 Å². The molecule has 0 heterocycles. The maximum atomic E-state index is 11.9. The van der Waals surface area contributed by atoms with Gasteiger partial charge in [-0.25, -0.2) is 0 Å². The lowest BCUT2D eigenvalue weighted by Crippen LogP contribution is -2.41. The van der Waals surface area contributed by atoms with Gasteiger partial charge in [-0.1, -0.05) is 27.7 Å². The molecule has 1 atom stereocenters. The minimum absolute atomic E-state index is 0.00235. The third-order valence-corrected chi connectivity index (χ3v) is 2.98. The average Bonchev–Trinajstić information content (AvgIpc) is 2.17. The Morgan fingerprint density at radius 3 is 1.94 bits per heavy atom. The van der Waals surface area contributed by atoms with Gasteiger partial charge in [0.1, 0.15) is 0 Å². The van der Waals surface area contributed by atoms with Crippen LogP contribution in [0.1, 0.15) is 53.9 Å². The first kappa shape index (κ1) is 15.9. The van der Waals surface area contributed by atoms with Gasteiger partial charge in [-0.3, -0.25) is 9.59 Å². The van der Waals surface area contributed by atoms with E-state index in [1.54, 1.807) is 13.8 Å². The van der Waals surface area contributed by atoms with Crippen LogP contribution in [0.3, 0.4) is 0 Å². The van der Waals surface area contributed by atoms with Crippen molar-refractivity contribution in [1.29, 1.82) is 0 Å². The average molecular weight is 244 g/mol. The summed E-state index contributed by atoms with van der Waals surface area (Å²) in [4.78, 5) is 23.2. The van der Waals surface area contributed by atoms with Crippen molar-refractivity contribution in [2.45, 2.75) is 53.9 Å². The molecule has 0 aliphatic carbocycles. The molecule has 0 saturated carbocycles. The third kappa shape index (κ3) is 4.36. The molecule has 0 aliphatic heterocycles. The van der Waals surface area contributed by atoms with Crippen LogP contribution in [0, 0.1) is 10.8 Å². The first-order valence-corrected chi connectivity index (χ1v) is 6.10. The normalized spacial score (nSPS) is 15.1. The van der Waals surface area contributed by atoms with Gasteiger partial charge in [-0.05, 0) is 31.6 Å². The number of rotatable bonds is 6. The van der Waals surface area contributed by atoms with E-state index in [0.717, 1.165) is 0 Å². The van der Waals surface area contributed by atoms with Gasteiger partial charge in [0, 0.05) is 0 Å². The maximum absolute atomic E-state index is 11.9. The van der Waals surface area contributed by atoms with Crippen LogP contribution in [0.4, 0.5) is 0 Å². The molecule has 0 aromatic rings. The van der Waals surface area contributed by atoms with Crippen molar-refractivity contribution in [2.24, 2.45) is 10.8 Å². The largest absolute Gasteiger partial charge is 0.480 e. The Hall–Kier alpha value is -1.06. The van der Waals surface area contributed by atoms with E-state index in [9.17, 15) is 14.7 Å². The first-order chi connectivity index (χ1) is 7.69. The van der Waals surface area contributed by atoms with Gasteiger partial charge in [0.05, 0.1) is 6.61 Å². The van der Waals surface area contributed by atoms with Gasteiger partial charge in [-0.2, -0.15) is 0 Å². The van der Waals surface area contributed by atoms with Crippen molar-refractivity contribution in [1.82, 2.24) is 0 Å². The fourth-order valence-electron chi connectivity index (χ4n) is 1.63. The zero-order valence-electron chi connectivity index (χ0n) is 11.5. The molecular formula is C13H24O4. The van der Waals surface area contributed by atoms with Gasteiger partial charge in [0.2, 0.25) is 0 Å². The Labute approximate surface area is 103 Å². The second-order valence-electron chi connectivity index (χ2n) is 5.52. The van der Waals surface area contributed by atoms with Gasteiger partial charge in [0.15, 0.2) is 5.41 Å². The van der Waals surface area contributed by atoms with Crippen LogP contribution in [0.5, 0.6) is 0 Å². The predicted octanol–water partition coefficient (Wildman–Crippen LogP) is 2.86. The van der Waals surface area contributed by atoms with Crippen LogP contribution in [-0.4, -0.2) is 23.7 Å². The summed E-state index contributed by atoms with van der Waals surface area (Å²) in [6.07, 6.45) is 1.25. The fraction of sp³-hybridized carbons (Fsp3) is 0.846. The Kier molecular flexibility index (Phi) is 5.66.